The van der Waals surface area contributed by atoms with E-state index in [1.807, 2.05) is 41.8 Å². The van der Waals surface area contributed by atoms with E-state index in [0.29, 0.717) is 18.0 Å². The third-order valence-corrected chi connectivity index (χ3v) is 4.89. The Bertz CT molecular complexity index is 1290. The summed E-state index contributed by atoms with van der Waals surface area (Å²) in [5.41, 5.74) is 3.94. The van der Waals surface area contributed by atoms with Gasteiger partial charge < -0.3 is 14.9 Å². The smallest absolute Gasteiger partial charge is 0.182 e. The molecule has 0 aliphatic heterocycles. The highest BCUT2D eigenvalue weighted by molar-refractivity contribution is 5.82. The lowest BCUT2D eigenvalue weighted by molar-refractivity contribution is 0.627. The van der Waals surface area contributed by atoms with Crippen LogP contribution in [-0.4, -0.2) is 29.5 Å². The van der Waals surface area contributed by atoms with Crippen LogP contribution >= 0.6 is 0 Å². The van der Waals surface area contributed by atoms with Gasteiger partial charge in [-0.1, -0.05) is 30.3 Å². The SMILES string of the molecule is C[C@H](Nc1ncnc2nc[nH]c12)c1nc2ccc(F)cc2n1Cc1ccccc1. The molecule has 29 heavy (non-hydrogen) atoms. The van der Waals surface area contributed by atoms with E-state index in [1.54, 1.807) is 12.4 Å². The summed E-state index contributed by atoms with van der Waals surface area (Å²) in [6.45, 7) is 2.59. The number of anilines is 1. The molecule has 5 rings (SSSR count). The number of halogens is 1. The van der Waals surface area contributed by atoms with Crippen LogP contribution in [0.15, 0.2) is 61.2 Å². The fourth-order valence-corrected chi connectivity index (χ4v) is 3.52. The lowest BCUT2D eigenvalue weighted by atomic mass is 10.2. The summed E-state index contributed by atoms with van der Waals surface area (Å²) in [5.74, 6) is 1.15. The molecule has 3 aromatic heterocycles. The van der Waals surface area contributed by atoms with Crippen molar-refractivity contribution in [2.75, 3.05) is 5.32 Å². The van der Waals surface area contributed by atoms with Crippen LogP contribution in [0.25, 0.3) is 22.2 Å². The molecule has 0 bridgehead atoms. The van der Waals surface area contributed by atoms with Crippen molar-refractivity contribution in [3.05, 3.63) is 78.4 Å². The van der Waals surface area contributed by atoms with E-state index in [1.165, 1.54) is 18.5 Å². The monoisotopic (exact) mass is 387 g/mol. The Morgan fingerprint density at radius 3 is 2.83 bits per heavy atom. The van der Waals surface area contributed by atoms with E-state index in [4.69, 9.17) is 4.98 Å². The predicted molar refractivity (Wildman–Crippen MR) is 109 cm³/mol. The predicted octanol–water partition coefficient (Wildman–Crippen LogP) is 4.06. The van der Waals surface area contributed by atoms with Crippen molar-refractivity contribution in [3.63, 3.8) is 0 Å². The van der Waals surface area contributed by atoms with Crippen LogP contribution < -0.4 is 5.32 Å². The summed E-state index contributed by atoms with van der Waals surface area (Å²) < 4.78 is 16.0. The van der Waals surface area contributed by atoms with Crippen LogP contribution in [-0.2, 0) is 6.54 Å². The average molecular weight is 387 g/mol. The molecule has 3 heterocycles. The summed E-state index contributed by atoms with van der Waals surface area (Å²) in [6.07, 6.45) is 3.06. The van der Waals surface area contributed by atoms with Crippen LogP contribution in [0.1, 0.15) is 24.4 Å². The summed E-state index contributed by atoms with van der Waals surface area (Å²) in [6, 6.07) is 14.5. The maximum atomic E-state index is 14.0. The number of H-pyrrole nitrogens is 1. The van der Waals surface area contributed by atoms with E-state index >= 15 is 0 Å². The molecule has 0 saturated heterocycles. The molecule has 7 nitrogen and oxygen atoms in total. The second kappa shape index (κ2) is 6.97. The van der Waals surface area contributed by atoms with Gasteiger partial charge in [-0.05, 0) is 30.7 Å². The van der Waals surface area contributed by atoms with Gasteiger partial charge in [0.2, 0.25) is 0 Å². The van der Waals surface area contributed by atoms with Crippen molar-refractivity contribution in [1.29, 1.82) is 0 Å². The average Bonchev–Trinajstić information content (AvgIpc) is 3.35. The number of fused-ring (bicyclic) bond motifs is 2. The van der Waals surface area contributed by atoms with Gasteiger partial charge in [0, 0.05) is 6.54 Å². The Balaban J connectivity index is 1.58. The quantitative estimate of drug-likeness (QED) is 0.475. The molecule has 0 amide bonds. The first-order valence-electron chi connectivity index (χ1n) is 9.29. The molecule has 0 radical (unpaired) electrons. The van der Waals surface area contributed by atoms with Crippen LogP contribution in [0.4, 0.5) is 10.2 Å². The molecule has 0 aliphatic carbocycles. The third-order valence-electron chi connectivity index (χ3n) is 4.89. The number of nitrogens with zero attached hydrogens (tertiary/aromatic N) is 5. The van der Waals surface area contributed by atoms with E-state index in [-0.39, 0.29) is 11.9 Å². The molecule has 0 saturated carbocycles. The zero-order valence-corrected chi connectivity index (χ0v) is 15.7. The summed E-state index contributed by atoms with van der Waals surface area (Å²) in [5, 5.41) is 3.39. The van der Waals surface area contributed by atoms with Crippen LogP contribution in [0.3, 0.4) is 0 Å². The molecule has 0 fully saturated rings. The molecule has 144 valence electrons. The lowest BCUT2D eigenvalue weighted by Crippen LogP contribution is -2.15. The highest BCUT2D eigenvalue weighted by Gasteiger charge is 2.19. The second-order valence-corrected chi connectivity index (χ2v) is 6.86. The normalized spacial score (nSPS) is 12.5. The summed E-state index contributed by atoms with van der Waals surface area (Å²) >= 11 is 0. The van der Waals surface area contributed by atoms with Crippen molar-refractivity contribution < 1.29 is 4.39 Å². The molecule has 8 heteroatoms. The van der Waals surface area contributed by atoms with Crippen LogP contribution in [0.5, 0.6) is 0 Å². The highest BCUT2D eigenvalue weighted by atomic mass is 19.1. The minimum absolute atomic E-state index is 0.185. The number of imidazole rings is 2. The zero-order chi connectivity index (χ0) is 19.8. The van der Waals surface area contributed by atoms with Gasteiger partial charge in [0.25, 0.3) is 0 Å². The topological polar surface area (TPSA) is 84.3 Å². The number of aromatic amines is 1. The minimum Gasteiger partial charge on any atom is -0.358 e. The van der Waals surface area contributed by atoms with Gasteiger partial charge in [0.15, 0.2) is 11.5 Å². The van der Waals surface area contributed by atoms with Gasteiger partial charge >= 0.3 is 0 Å². The standard InChI is InChI=1S/C21H18FN7/c1-13(27-20-18-19(24-11-23-18)25-12-26-20)21-28-16-8-7-15(22)9-17(16)29(21)10-14-5-3-2-4-6-14/h2-9,11-13H,10H2,1H3,(H2,23,24,25,26,27)/t13-/m0/s1. The Kier molecular flexibility index (Phi) is 4.16. The maximum Gasteiger partial charge on any atom is 0.182 e. The Labute approximate surface area is 165 Å². The maximum absolute atomic E-state index is 14.0. The first-order chi connectivity index (χ1) is 14.2. The second-order valence-electron chi connectivity index (χ2n) is 6.86. The van der Waals surface area contributed by atoms with Crippen molar-refractivity contribution in [2.45, 2.75) is 19.5 Å². The molecule has 5 aromatic rings. The molecule has 0 unspecified atom stereocenters. The summed E-state index contributed by atoms with van der Waals surface area (Å²) in [4.78, 5) is 20.5. The van der Waals surface area contributed by atoms with Gasteiger partial charge in [-0.25, -0.2) is 24.3 Å². The van der Waals surface area contributed by atoms with Crippen LogP contribution in [0.2, 0.25) is 0 Å². The first-order valence-corrected chi connectivity index (χ1v) is 9.29. The van der Waals surface area contributed by atoms with E-state index < -0.39 is 0 Å². The van der Waals surface area contributed by atoms with E-state index in [0.717, 1.165) is 27.9 Å². The van der Waals surface area contributed by atoms with Crippen LogP contribution in [0, 0.1) is 5.82 Å². The number of rotatable bonds is 5. The molecule has 2 N–H and O–H groups in total. The number of benzene rings is 2. The highest BCUT2D eigenvalue weighted by Crippen LogP contribution is 2.26. The number of hydrogen-bond acceptors (Lipinski definition) is 5. The molecular weight excluding hydrogens is 369 g/mol. The number of aromatic nitrogens is 6. The van der Waals surface area contributed by atoms with Gasteiger partial charge in [0.1, 0.15) is 23.5 Å². The Morgan fingerprint density at radius 1 is 1.10 bits per heavy atom. The third kappa shape index (κ3) is 3.18. The number of hydrogen-bond donors (Lipinski definition) is 2. The summed E-state index contributed by atoms with van der Waals surface area (Å²) in [7, 11) is 0. The molecule has 2 aromatic carbocycles. The van der Waals surface area contributed by atoms with Gasteiger partial charge in [-0.15, -0.1) is 0 Å². The minimum atomic E-state index is -0.283. The fraction of sp³-hybridized carbons (Fsp3) is 0.143. The van der Waals surface area contributed by atoms with Gasteiger partial charge in [-0.2, -0.15) is 0 Å². The van der Waals surface area contributed by atoms with E-state index in [2.05, 4.69) is 25.3 Å². The molecule has 0 aliphatic rings. The van der Waals surface area contributed by atoms with Crippen molar-refractivity contribution in [3.8, 4) is 0 Å². The van der Waals surface area contributed by atoms with Gasteiger partial charge in [-0.3, -0.25) is 0 Å². The first kappa shape index (κ1) is 17.3. The Hall–Kier alpha value is -3.81. The largest absolute Gasteiger partial charge is 0.358 e. The molecule has 0 spiro atoms. The van der Waals surface area contributed by atoms with Gasteiger partial charge in [0.05, 0.1) is 23.4 Å². The van der Waals surface area contributed by atoms with Crippen molar-refractivity contribution >= 4 is 28.0 Å². The number of nitrogens with one attached hydrogen (secondary N) is 2. The lowest BCUT2D eigenvalue weighted by Gasteiger charge is -2.17. The Morgan fingerprint density at radius 2 is 1.97 bits per heavy atom. The van der Waals surface area contributed by atoms with E-state index in [9.17, 15) is 4.39 Å². The van der Waals surface area contributed by atoms with Crippen molar-refractivity contribution in [1.82, 2.24) is 29.5 Å². The zero-order valence-electron chi connectivity index (χ0n) is 15.7. The molecule has 1 atom stereocenters. The van der Waals surface area contributed by atoms with Crippen molar-refractivity contribution in [2.24, 2.45) is 0 Å². The fourth-order valence-electron chi connectivity index (χ4n) is 3.52. The molecular formula is C21H18FN7.